The Morgan fingerprint density at radius 2 is 2.36 bits per heavy atom. The van der Waals surface area contributed by atoms with Gasteiger partial charge < -0.3 is 10.1 Å². The summed E-state index contributed by atoms with van der Waals surface area (Å²) in [6.45, 7) is 4.25. The van der Waals surface area contributed by atoms with Crippen molar-refractivity contribution >= 4 is 5.91 Å². The number of fused-ring (bicyclic) bond motifs is 1. The molecule has 0 saturated heterocycles. The van der Waals surface area contributed by atoms with Crippen LogP contribution < -0.4 is 10.1 Å². The maximum Gasteiger partial charge on any atom is 0.256 e. The van der Waals surface area contributed by atoms with Crippen LogP contribution in [-0.4, -0.2) is 33.7 Å². The van der Waals surface area contributed by atoms with Crippen molar-refractivity contribution in [3.8, 4) is 5.88 Å². The Morgan fingerprint density at radius 3 is 3.18 bits per heavy atom. The number of rotatable bonds is 4. The van der Waals surface area contributed by atoms with Crippen LogP contribution in [0.1, 0.15) is 40.7 Å². The van der Waals surface area contributed by atoms with Crippen LogP contribution in [0.5, 0.6) is 5.88 Å². The van der Waals surface area contributed by atoms with E-state index in [1.54, 1.807) is 6.07 Å². The first-order valence-corrected chi connectivity index (χ1v) is 7.59. The van der Waals surface area contributed by atoms with E-state index in [1.165, 1.54) is 11.3 Å². The number of aromatic nitrogens is 3. The standard InChI is InChI=1S/C16H20N4O2/c1-3-22-16-13(6-4-10(2)18-16)15(21)19-12-5-7-14-11(8-12)9-17-20-14/h4,6,9,12H,3,5,7-8H2,1-2H3,(H,17,20)(H,19,21)/t12-/m0/s1. The third-order valence-corrected chi connectivity index (χ3v) is 3.88. The number of pyridine rings is 1. The van der Waals surface area contributed by atoms with Crippen LogP contribution in [0, 0.1) is 6.92 Å². The van der Waals surface area contributed by atoms with Crippen molar-refractivity contribution in [2.45, 2.75) is 39.2 Å². The van der Waals surface area contributed by atoms with Gasteiger partial charge in [-0.3, -0.25) is 9.89 Å². The van der Waals surface area contributed by atoms with Crippen molar-refractivity contribution in [2.75, 3.05) is 6.61 Å². The van der Waals surface area contributed by atoms with Crippen molar-refractivity contribution in [3.05, 3.63) is 40.8 Å². The van der Waals surface area contributed by atoms with Gasteiger partial charge in [0.1, 0.15) is 5.56 Å². The van der Waals surface area contributed by atoms with E-state index in [9.17, 15) is 4.79 Å². The quantitative estimate of drug-likeness (QED) is 0.902. The van der Waals surface area contributed by atoms with Gasteiger partial charge in [-0.2, -0.15) is 5.10 Å². The molecular weight excluding hydrogens is 280 g/mol. The number of nitrogens with one attached hydrogen (secondary N) is 2. The zero-order chi connectivity index (χ0) is 15.5. The molecule has 6 nitrogen and oxygen atoms in total. The summed E-state index contributed by atoms with van der Waals surface area (Å²) in [6.07, 6.45) is 4.46. The van der Waals surface area contributed by atoms with Gasteiger partial charge in [-0.1, -0.05) is 0 Å². The number of aryl methyl sites for hydroxylation is 2. The van der Waals surface area contributed by atoms with Gasteiger partial charge >= 0.3 is 0 Å². The highest BCUT2D eigenvalue weighted by molar-refractivity contribution is 5.96. The summed E-state index contributed by atoms with van der Waals surface area (Å²) in [7, 11) is 0. The topological polar surface area (TPSA) is 79.9 Å². The van der Waals surface area contributed by atoms with E-state index < -0.39 is 0 Å². The maximum atomic E-state index is 12.5. The van der Waals surface area contributed by atoms with E-state index in [0.717, 1.165) is 25.0 Å². The molecule has 22 heavy (non-hydrogen) atoms. The van der Waals surface area contributed by atoms with Gasteiger partial charge in [0.25, 0.3) is 5.91 Å². The van der Waals surface area contributed by atoms with E-state index in [1.807, 2.05) is 26.1 Å². The van der Waals surface area contributed by atoms with Crippen molar-refractivity contribution < 1.29 is 9.53 Å². The number of hydrogen-bond donors (Lipinski definition) is 2. The number of hydrogen-bond acceptors (Lipinski definition) is 4. The Hall–Kier alpha value is -2.37. The largest absolute Gasteiger partial charge is 0.477 e. The van der Waals surface area contributed by atoms with Crippen LogP contribution in [0.15, 0.2) is 18.3 Å². The first kappa shape index (κ1) is 14.6. The monoisotopic (exact) mass is 300 g/mol. The number of H-pyrrole nitrogens is 1. The van der Waals surface area contributed by atoms with E-state index in [4.69, 9.17) is 4.74 Å². The third-order valence-electron chi connectivity index (χ3n) is 3.88. The minimum absolute atomic E-state index is 0.119. The van der Waals surface area contributed by atoms with Gasteiger partial charge in [0.15, 0.2) is 0 Å². The highest BCUT2D eigenvalue weighted by atomic mass is 16.5. The lowest BCUT2D eigenvalue weighted by molar-refractivity contribution is 0.0929. The van der Waals surface area contributed by atoms with Gasteiger partial charge in [0, 0.05) is 17.4 Å². The second kappa shape index (κ2) is 6.17. The van der Waals surface area contributed by atoms with Crippen LogP contribution in [-0.2, 0) is 12.8 Å². The van der Waals surface area contributed by atoms with Gasteiger partial charge in [0.2, 0.25) is 5.88 Å². The average molecular weight is 300 g/mol. The second-order valence-electron chi connectivity index (χ2n) is 5.53. The molecule has 0 radical (unpaired) electrons. The summed E-state index contributed by atoms with van der Waals surface area (Å²) in [5.41, 5.74) is 3.69. The number of nitrogens with zero attached hydrogens (tertiary/aromatic N) is 2. The Bertz CT molecular complexity index is 681. The molecular formula is C16H20N4O2. The summed E-state index contributed by atoms with van der Waals surface area (Å²) in [5.74, 6) is 0.271. The molecule has 0 fully saturated rings. The van der Waals surface area contributed by atoms with Crippen LogP contribution in [0.4, 0.5) is 0 Å². The summed E-state index contributed by atoms with van der Waals surface area (Å²) < 4.78 is 5.49. The fourth-order valence-corrected chi connectivity index (χ4v) is 2.76. The van der Waals surface area contributed by atoms with Gasteiger partial charge in [-0.15, -0.1) is 0 Å². The van der Waals surface area contributed by atoms with Gasteiger partial charge in [-0.05, 0) is 50.8 Å². The molecule has 0 spiro atoms. The lowest BCUT2D eigenvalue weighted by Gasteiger charge is -2.23. The number of carbonyl (C=O) groups is 1. The fourth-order valence-electron chi connectivity index (χ4n) is 2.76. The number of amides is 1. The number of ether oxygens (including phenoxy) is 1. The molecule has 1 aliphatic carbocycles. The molecule has 2 heterocycles. The SMILES string of the molecule is CCOc1nc(C)ccc1C(=O)N[C@H]1CCc2[nH]ncc2C1. The predicted octanol–water partition coefficient (Wildman–Crippen LogP) is 1.80. The third kappa shape index (κ3) is 2.95. The summed E-state index contributed by atoms with van der Waals surface area (Å²) in [6, 6.07) is 3.72. The molecule has 2 aromatic rings. The first-order chi connectivity index (χ1) is 10.7. The highest BCUT2D eigenvalue weighted by Gasteiger charge is 2.23. The van der Waals surface area contributed by atoms with Crippen molar-refractivity contribution in [3.63, 3.8) is 0 Å². The average Bonchev–Trinajstić information content (AvgIpc) is 2.95. The molecule has 0 unspecified atom stereocenters. The molecule has 2 aromatic heterocycles. The van der Waals surface area contributed by atoms with Crippen LogP contribution >= 0.6 is 0 Å². The predicted molar refractivity (Wildman–Crippen MR) is 82.0 cm³/mol. The summed E-state index contributed by atoms with van der Waals surface area (Å²) in [4.78, 5) is 16.8. The smallest absolute Gasteiger partial charge is 0.256 e. The number of aromatic amines is 1. The molecule has 6 heteroatoms. The molecule has 0 bridgehead atoms. The van der Waals surface area contributed by atoms with Crippen LogP contribution in [0.3, 0.4) is 0 Å². The van der Waals surface area contributed by atoms with E-state index in [2.05, 4.69) is 20.5 Å². The first-order valence-electron chi connectivity index (χ1n) is 7.59. The molecule has 1 amide bonds. The van der Waals surface area contributed by atoms with Crippen LogP contribution in [0.25, 0.3) is 0 Å². The van der Waals surface area contributed by atoms with E-state index in [-0.39, 0.29) is 11.9 Å². The molecule has 1 aliphatic rings. The zero-order valence-corrected chi connectivity index (χ0v) is 12.8. The molecule has 0 aromatic carbocycles. The molecule has 3 rings (SSSR count). The summed E-state index contributed by atoms with van der Waals surface area (Å²) >= 11 is 0. The Kier molecular flexibility index (Phi) is 4.09. The van der Waals surface area contributed by atoms with Gasteiger partial charge in [0.05, 0.1) is 12.8 Å². The minimum Gasteiger partial charge on any atom is -0.477 e. The fraction of sp³-hybridized carbons (Fsp3) is 0.438. The molecule has 2 N–H and O–H groups in total. The van der Waals surface area contributed by atoms with E-state index in [0.29, 0.717) is 18.1 Å². The Balaban J connectivity index is 1.72. The minimum atomic E-state index is -0.132. The lowest BCUT2D eigenvalue weighted by atomic mass is 9.93. The molecule has 1 atom stereocenters. The van der Waals surface area contributed by atoms with Gasteiger partial charge in [-0.25, -0.2) is 4.98 Å². The molecule has 0 saturated carbocycles. The second-order valence-corrected chi connectivity index (χ2v) is 5.53. The number of carbonyl (C=O) groups excluding carboxylic acids is 1. The van der Waals surface area contributed by atoms with Crippen molar-refractivity contribution in [2.24, 2.45) is 0 Å². The summed E-state index contributed by atoms with van der Waals surface area (Å²) in [5, 5.41) is 10.1. The Labute approximate surface area is 129 Å². The van der Waals surface area contributed by atoms with E-state index >= 15 is 0 Å². The highest BCUT2D eigenvalue weighted by Crippen LogP contribution is 2.21. The van der Waals surface area contributed by atoms with Crippen molar-refractivity contribution in [1.29, 1.82) is 0 Å². The molecule has 116 valence electrons. The van der Waals surface area contributed by atoms with Crippen LogP contribution in [0.2, 0.25) is 0 Å². The molecule has 0 aliphatic heterocycles. The lowest BCUT2D eigenvalue weighted by Crippen LogP contribution is -2.39. The van der Waals surface area contributed by atoms with Crippen molar-refractivity contribution in [1.82, 2.24) is 20.5 Å². The Morgan fingerprint density at radius 1 is 1.50 bits per heavy atom. The maximum absolute atomic E-state index is 12.5. The normalized spacial score (nSPS) is 16.9. The zero-order valence-electron chi connectivity index (χ0n) is 12.8.